The predicted octanol–water partition coefficient (Wildman–Crippen LogP) is 11.5. The fourth-order valence-electron chi connectivity index (χ4n) is 8.07. The van der Waals surface area contributed by atoms with Crippen LogP contribution in [0, 0.1) is 17.3 Å². The van der Waals surface area contributed by atoms with Crippen LogP contribution in [0.25, 0.3) is 0 Å². The third-order valence-corrected chi connectivity index (χ3v) is 12.4. The molecule has 306 valence electrons. The van der Waals surface area contributed by atoms with Gasteiger partial charge in [-0.1, -0.05) is 134 Å². The molecule has 0 aromatic heterocycles. The third kappa shape index (κ3) is 16.8. The third-order valence-electron chi connectivity index (χ3n) is 11.9. The van der Waals surface area contributed by atoms with Crippen LogP contribution in [0.5, 0.6) is 5.75 Å². The van der Waals surface area contributed by atoms with Crippen LogP contribution in [0.3, 0.4) is 0 Å². The van der Waals surface area contributed by atoms with Crippen LogP contribution >= 0.6 is 11.6 Å². The van der Waals surface area contributed by atoms with E-state index in [0.29, 0.717) is 37.2 Å². The second-order valence-corrected chi connectivity index (χ2v) is 16.4. The van der Waals surface area contributed by atoms with Gasteiger partial charge in [-0.3, -0.25) is 4.79 Å². The van der Waals surface area contributed by atoms with E-state index in [1.807, 2.05) is 12.1 Å². The Morgan fingerprint density at radius 3 is 2.15 bits per heavy atom. The van der Waals surface area contributed by atoms with E-state index >= 15 is 0 Å². The molecule has 7 nitrogen and oxygen atoms in total. The van der Waals surface area contributed by atoms with Crippen molar-refractivity contribution in [3.05, 3.63) is 54.1 Å². The van der Waals surface area contributed by atoms with Crippen LogP contribution in [0.2, 0.25) is 0 Å². The molecule has 0 unspecified atom stereocenters. The summed E-state index contributed by atoms with van der Waals surface area (Å²) >= 11 is 6.63. The number of allylic oxidation sites excluding steroid dienone is 2. The number of carbonyl (C=O) groups is 2. The Balaban J connectivity index is 1.21. The highest BCUT2D eigenvalue weighted by Crippen LogP contribution is 2.48. The van der Waals surface area contributed by atoms with E-state index in [1.165, 1.54) is 77.0 Å². The minimum absolute atomic E-state index is 0.00880. The number of hydrogen-bond acceptors (Lipinski definition) is 7. The van der Waals surface area contributed by atoms with Gasteiger partial charge < -0.3 is 24.4 Å². The van der Waals surface area contributed by atoms with E-state index in [-0.39, 0.29) is 54.3 Å². The number of unbranched alkanes of at least 4 members (excludes halogenated alkanes) is 13. The maximum Gasteiger partial charge on any atom is 0.342 e. The number of benzene rings is 1. The molecule has 3 rings (SSSR count). The van der Waals surface area contributed by atoms with Crippen molar-refractivity contribution >= 4 is 23.5 Å². The molecule has 1 aromatic rings. The summed E-state index contributed by atoms with van der Waals surface area (Å²) in [6, 6.07) is 7.12. The summed E-state index contributed by atoms with van der Waals surface area (Å²) < 4.78 is 16.6. The topological polar surface area (TPSA) is 102 Å². The van der Waals surface area contributed by atoms with E-state index < -0.39 is 12.1 Å². The molecule has 0 saturated heterocycles. The lowest BCUT2D eigenvalue weighted by Gasteiger charge is -2.45. The van der Waals surface area contributed by atoms with Crippen molar-refractivity contribution in [3.8, 4) is 5.75 Å². The minimum Gasteiger partial charge on any atom is -0.493 e. The van der Waals surface area contributed by atoms with Crippen molar-refractivity contribution in [1.82, 2.24) is 0 Å². The fourth-order valence-corrected chi connectivity index (χ4v) is 8.52. The zero-order chi connectivity index (χ0) is 38.9. The smallest absolute Gasteiger partial charge is 0.342 e. The molecule has 0 aliphatic heterocycles. The van der Waals surface area contributed by atoms with Gasteiger partial charge in [0.2, 0.25) is 0 Å². The van der Waals surface area contributed by atoms with Gasteiger partial charge in [0.1, 0.15) is 24.5 Å². The number of aliphatic hydroxyl groups excluding tert-OH is 2. The molecule has 2 saturated carbocycles. The number of para-hydroxylation sites is 1. The monoisotopic (exact) mass is 773 g/mol. The summed E-state index contributed by atoms with van der Waals surface area (Å²) in [5, 5.41) is 21.3. The van der Waals surface area contributed by atoms with Gasteiger partial charge in [-0.15, -0.1) is 11.6 Å². The molecular weight excluding hydrogens is 700 g/mol. The number of ether oxygens (including phenoxy) is 3. The largest absolute Gasteiger partial charge is 0.493 e. The van der Waals surface area contributed by atoms with Crippen molar-refractivity contribution < 1.29 is 34.0 Å². The Hall–Kier alpha value is -2.35. The van der Waals surface area contributed by atoms with E-state index in [1.54, 1.807) is 18.2 Å². The molecule has 0 radical (unpaired) electrons. The summed E-state index contributed by atoms with van der Waals surface area (Å²) in [5.74, 6) is -0.180. The van der Waals surface area contributed by atoms with Gasteiger partial charge in [0, 0.05) is 17.7 Å². The summed E-state index contributed by atoms with van der Waals surface area (Å²) in [4.78, 5) is 25.0. The van der Waals surface area contributed by atoms with Crippen LogP contribution in [0.1, 0.15) is 172 Å². The van der Waals surface area contributed by atoms with Crippen LogP contribution < -0.4 is 4.74 Å². The minimum atomic E-state index is -0.486. The highest BCUT2D eigenvalue weighted by Gasteiger charge is 2.42. The van der Waals surface area contributed by atoms with Gasteiger partial charge in [-0.05, 0) is 81.3 Å². The Bertz CT molecular complexity index is 1220. The highest BCUT2D eigenvalue weighted by atomic mass is 35.5. The lowest BCUT2D eigenvalue weighted by molar-refractivity contribution is -0.144. The number of esters is 2. The molecule has 2 aliphatic rings. The normalized spacial score (nSPS) is 21.4. The number of hydrogen-bond donors (Lipinski definition) is 2. The molecule has 0 heterocycles. The molecular formula is C46H73ClO7. The van der Waals surface area contributed by atoms with Crippen LogP contribution in [-0.4, -0.2) is 59.6 Å². The van der Waals surface area contributed by atoms with E-state index in [4.69, 9.17) is 25.8 Å². The van der Waals surface area contributed by atoms with Gasteiger partial charge in [0.05, 0.1) is 18.8 Å². The van der Waals surface area contributed by atoms with Gasteiger partial charge in [-0.2, -0.15) is 0 Å². The second-order valence-electron chi connectivity index (χ2n) is 15.9. The van der Waals surface area contributed by atoms with Crippen molar-refractivity contribution in [2.75, 3.05) is 19.8 Å². The quantitative estimate of drug-likeness (QED) is 0.0347. The Kier molecular flexibility index (Phi) is 23.3. The molecule has 8 heteroatoms. The second kappa shape index (κ2) is 27.3. The molecule has 54 heavy (non-hydrogen) atoms. The summed E-state index contributed by atoms with van der Waals surface area (Å²) in [6.45, 7) is 4.98. The lowest BCUT2D eigenvalue weighted by atomic mass is 9.63. The van der Waals surface area contributed by atoms with Crippen molar-refractivity contribution in [2.24, 2.45) is 17.3 Å². The van der Waals surface area contributed by atoms with Crippen LogP contribution in [0.15, 0.2) is 48.6 Å². The van der Waals surface area contributed by atoms with E-state index in [9.17, 15) is 19.8 Å². The predicted molar refractivity (Wildman–Crippen MR) is 220 cm³/mol. The van der Waals surface area contributed by atoms with Crippen LogP contribution in [0.4, 0.5) is 0 Å². The average molecular weight is 774 g/mol. The van der Waals surface area contributed by atoms with Gasteiger partial charge in [0.15, 0.2) is 0 Å². The molecule has 0 amide bonds. The van der Waals surface area contributed by atoms with Gasteiger partial charge in [0.25, 0.3) is 0 Å². The van der Waals surface area contributed by atoms with E-state index in [0.717, 1.165) is 44.9 Å². The highest BCUT2D eigenvalue weighted by molar-refractivity contribution is 6.21. The zero-order valence-electron chi connectivity index (χ0n) is 33.7. The molecule has 2 fully saturated rings. The molecule has 0 spiro atoms. The van der Waals surface area contributed by atoms with E-state index in [2.05, 4.69) is 32.1 Å². The SMILES string of the molecule is CCCCCCCCCCCCCCCOc1ccccc1C(=O)OCCOC(=O)CCC/C=C\C[C@@H]1[C@H](/C=C/C[C@H](O)C2(CC)CCC2)[C@H](O)C[C@@H]1Cl. The summed E-state index contributed by atoms with van der Waals surface area (Å²) in [5.41, 5.74) is 0.454. The lowest BCUT2D eigenvalue weighted by Crippen LogP contribution is -2.40. The van der Waals surface area contributed by atoms with Gasteiger partial charge in [-0.25, -0.2) is 4.79 Å². The first-order valence-corrected chi connectivity index (χ1v) is 22.1. The van der Waals surface area contributed by atoms with Crippen molar-refractivity contribution in [1.29, 1.82) is 0 Å². The Morgan fingerprint density at radius 1 is 0.852 bits per heavy atom. The number of rotatable bonds is 30. The first-order valence-electron chi connectivity index (χ1n) is 21.7. The van der Waals surface area contributed by atoms with Crippen LogP contribution in [-0.2, 0) is 14.3 Å². The molecule has 0 bridgehead atoms. The number of carbonyl (C=O) groups excluding carboxylic acids is 2. The first kappa shape index (κ1) is 46.0. The number of halogens is 1. The Labute approximate surface area is 332 Å². The Morgan fingerprint density at radius 2 is 1.50 bits per heavy atom. The number of aliphatic hydroxyl groups is 2. The molecule has 5 atom stereocenters. The first-order chi connectivity index (χ1) is 26.3. The van der Waals surface area contributed by atoms with Crippen molar-refractivity contribution in [2.45, 2.75) is 179 Å². The molecule has 1 aromatic carbocycles. The standard InChI is InChI=1S/C46H73ClO7/c1-3-5-6-7-8-9-10-11-12-13-14-17-22-33-52-42-28-21-20-26-39(42)45(51)54-35-34-53-44(50)30-19-16-15-18-25-37-38(41(48)36-40(37)47)27-23-29-43(49)46(4-2)31-24-32-46/h15,18,20-21,23,26-28,37-38,40-41,43,48-49H,3-14,16-17,19,22,24-25,29-36H2,1-2H3/b18-15-,27-23+/t37-,38+,40+,41-,43+/m1/s1. The van der Waals surface area contributed by atoms with Gasteiger partial charge >= 0.3 is 11.9 Å². The summed E-state index contributed by atoms with van der Waals surface area (Å²) in [6.07, 6.45) is 32.3. The molecule has 2 N–H and O–H groups in total. The fraction of sp³-hybridized carbons (Fsp3) is 0.739. The maximum atomic E-state index is 12.7. The number of alkyl halides is 1. The average Bonchev–Trinajstić information content (AvgIpc) is 3.42. The maximum absolute atomic E-state index is 12.7. The van der Waals surface area contributed by atoms with Crippen molar-refractivity contribution in [3.63, 3.8) is 0 Å². The summed E-state index contributed by atoms with van der Waals surface area (Å²) in [7, 11) is 0. The zero-order valence-corrected chi connectivity index (χ0v) is 34.5. The molecule has 2 aliphatic carbocycles.